The Hall–Kier alpha value is -3.80. The number of rotatable bonds is 8. The van der Waals surface area contributed by atoms with Crippen LogP contribution in [0.25, 0.3) is 0 Å². The molecule has 2 bridgehead atoms. The molecule has 1 heterocycles. The van der Waals surface area contributed by atoms with Crippen molar-refractivity contribution >= 4 is 12.1 Å². The number of esters is 1. The first-order valence-corrected chi connectivity index (χ1v) is 15.0. The Kier molecular flexibility index (Phi) is 8.00. The molecule has 2 aliphatic carbocycles. The Morgan fingerprint density at radius 1 is 0.951 bits per heavy atom. The highest BCUT2D eigenvalue weighted by Crippen LogP contribution is 2.56. The Morgan fingerprint density at radius 2 is 1.73 bits per heavy atom. The zero-order valence-corrected chi connectivity index (χ0v) is 23.8. The summed E-state index contributed by atoms with van der Waals surface area (Å²) in [6.07, 6.45) is 6.85. The lowest BCUT2D eigenvalue weighted by Gasteiger charge is -2.58. The fourth-order valence-electron chi connectivity index (χ4n) is 7.58. The topological polar surface area (TPSA) is 65.1 Å². The number of carbonyl (C=O) groups is 2. The van der Waals surface area contributed by atoms with Gasteiger partial charge in [0.15, 0.2) is 0 Å². The molecule has 1 amide bonds. The summed E-state index contributed by atoms with van der Waals surface area (Å²) in [7, 11) is 0. The van der Waals surface area contributed by atoms with Crippen LogP contribution in [0.15, 0.2) is 78.9 Å². The monoisotopic (exact) mass is 553 g/mol. The van der Waals surface area contributed by atoms with E-state index < -0.39 is 0 Å². The maximum absolute atomic E-state index is 13.3. The highest BCUT2D eigenvalue weighted by atomic mass is 16.7. The van der Waals surface area contributed by atoms with Gasteiger partial charge < -0.3 is 19.1 Å². The Bertz CT molecular complexity index is 1360. The third-order valence-corrected chi connectivity index (χ3v) is 9.57. The summed E-state index contributed by atoms with van der Waals surface area (Å²) in [6.45, 7) is 2.88. The molecule has 0 aromatic heterocycles. The van der Waals surface area contributed by atoms with E-state index in [1.54, 1.807) is 0 Å². The molecule has 6 nitrogen and oxygen atoms in total. The number of fused-ring (bicyclic) bond motifs is 1. The van der Waals surface area contributed by atoms with E-state index in [9.17, 15) is 9.59 Å². The predicted molar refractivity (Wildman–Crippen MR) is 157 cm³/mol. The number of hydrogen-bond acceptors (Lipinski definition) is 5. The van der Waals surface area contributed by atoms with E-state index in [4.69, 9.17) is 14.2 Å². The quantitative estimate of drug-likeness (QED) is 0.219. The summed E-state index contributed by atoms with van der Waals surface area (Å²) in [4.78, 5) is 28.1. The van der Waals surface area contributed by atoms with Gasteiger partial charge in [-0.25, -0.2) is 4.79 Å². The van der Waals surface area contributed by atoms with Crippen molar-refractivity contribution in [2.45, 2.75) is 75.9 Å². The molecule has 3 aromatic carbocycles. The average molecular weight is 554 g/mol. The molecule has 0 spiro atoms. The van der Waals surface area contributed by atoms with Crippen LogP contribution in [0.1, 0.15) is 73.6 Å². The minimum Gasteiger partial charge on any atom is -0.457 e. The second-order valence-corrected chi connectivity index (χ2v) is 11.7. The fourth-order valence-corrected chi connectivity index (χ4v) is 7.58. The van der Waals surface area contributed by atoms with E-state index in [-0.39, 0.29) is 36.2 Å². The molecule has 2 fully saturated rings. The standard InChI is InChI=1S/C35H39NO5/c1-2-29(26-13-7-4-8-14-26)33(37)41-24-40-28-17-16-27-21-32-30-15-9-10-18-35(30,31(27)22-28)19-20-36(32)34(38)39-23-25-11-5-3-6-12-25/h3-8,11-14,16-17,22,29-30,32H,2,9-10,15,18-21,23-24H2,1H3/t29?,30-,32-,35+/m1/s1. The van der Waals surface area contributed by atoms with Crippen LogP contribution in [0.3, 0.4) is 0 Å². The minimum atomic E-state index is -0.299. The number of piperidine rings is 1. The minimum absolute atomic E-state index is 0.0450. The van der Waals surface area contributed by atoms with Crippen molar-refractivity contribution in [2.75, 3.05) is 13.3 Å². The fraction of sp³-hybridized carbons (Fsp3) is 0.429. The largest absolute Gasteiger partial charge is 0.457 e. The smallest absolute Gasteiger partial charge is 0.410 e. The van der Waals surface area contributed by atoms with Crippen LogP contribution in [-0.4, -0.2) is 36.3 Å². The van der Waals surface area contributed by atoms with Gasteiger partial charge >= 0.3 is 12.1 Å². The molecule has 0 radical (unpaired) electrons. The van der Waals surface area contributed by atoms with Gasteiger partial charge in [0.05, 0.1) is 5.92 Å². The molecule has 1 aliphatic heterocycles. The molecule has 1 saturated heterocycles. The molecule has 1 saturated carbocycles. The summed E-state index contributed by atoms with van der Waals surface area (Å²) in [6, 6.07) is 26.0. The lowest BCUT2D eigenvalue weighted by molar-refractivity contribution is -0.152. The number of ether oxygens (including phenoxy) is 3. The third-order valence-electron chi connectivity index (χ3n) is 9.57. The van der Waals surface area contributed by atoms with E-state index in [1.807, 2.05) is 78.6 Å². The number of hydrogen-bond donors (Lipinski definition) is 0. The molecule has 0 N–H and O–H groups in total. The Morgan fingerprint density at radius 3 is 2.51 bits per heavy atom. The SMILES string of the molecule is CCC(C(=O)OCOc1ccc2c(c1)[C@]13CCCC[C@@H]1[C@@H](C2)N(C(=O)OCc1ccccc1)CC3)c1ccccc1. The second-order valence-electron chi connectivity index (χ2n) is 11.7. The van der Waals surface area contributed by atoms with Crippen LogP contribution in [0.5, 0.6) is 5.75 Å². The summed E-state index contributed by atoms with van der Waals surface area (Å²) in [5, 5.41) is 0. The maximum Gasteiger partial charge on any atom is 0.410 e. The van der Waals surface area contributed by atoms with Gasteiger partial charge in [-0.15, -0.1) is 0 Å². The highest BCUT2D eigenvalue weighted by Gasteiger charge is 2.55. The van der Waals surface area contributed by atoms with Crippen LogP contribution < -0.4 is 4.74 Å². The number of amides is 1. The van der Waals surface area contributed by atoms with E-state index >= 15 is 0 Å². The molecular weight excluding hydrogens is 514 g/mol. The van der Waals surface area contributed by atoms with Crippen molar-refractivity contribution in [3.63, 3.8) is 0 Å². The van der Waals surface area contributed by atoms with Gasteiger partial charge in [0.1, 0.15) is 12.4 Å². The Labute approximate surface area is 242 Å². The normalized spacial score (nSPS) is 23.5. The molecule has 214 valence electrons. The van der Waals surface area contributed by atoms with Crippen LogP contribution >= 0.6 is 0 Å². The van der Waals surface area contributed by atoms with Gasteiger partial charge in [-0.05, 0) is 72.4 Å². The Balaban J connectivity index is 1.14. The van der Waals surface area contributed by atoms with Gasteiger partial charge in [-0.1, -0.05) is 86.5 Å². The summed E-state index contributed by atoms with van der Waals surface area (Å²) in [5.41, 5.74) is 4.65. The highest BCUT2D eigenvalue weighted by molar-refractivity contribution is 5.78. The van der Waals surface area contributed by atoms with E-state index in [0.29, 0.717) is 25.5 Å². The van der Waals surface area contributed by atoms with E-state index in [2.05, 4.69) is 12.1 Å². The first kappa shape index (κ1) is 27.4. The third kappa shape index (κ3) is 5.44. The first-order valence-electron chi connectivity index (χ1n) is 15.0. The lowest BCUT2D eigenvalue weighted by Crippen LogP contribution is -2.62. The van der Waals surface area contributed by atoms with Gasteiger partial charge in [0, 0.05) is 18.0 Å². The van der Waals surface area contributed by atoms with Gasteiger partial charge in [0.2, 0.25) is 6.79 Å². The molecular formula is C35H39NO5. The van der Waals surface area contributed by atoms with Crippen LogP contribution in [-0.2, 0) is 32.7 Å². The van der Waals surface area contributed by atoms with Crippen molar-refractivity contribution < 1.29 is 23.8 Å². The van der Waals surface area contributed by atoms with Crippen molar-refractivity contribution in [3.05, 3.63) is 101 Å². The average Bonchev–Trinajstić information content (AvgIpc) is 3.01. The number of carbonyl (C=O) groups excluding carboxylic acids is 2. The molecule has 4 atom stereocenters. The maximum atomic E-state index is 13.3. The summed E-state index contributed by atoms with van der Waals surface area (Å²) in [5.74, 6) is 0.570. The molecule has 3 aromatic rings. The van der Waals surface area contributed by atoms with Crippen LogP contribution in [0.4, 0.5) is 4.79 Å². The van der Waals surface area contributed by atoms with Gasteiger partial charge in [-0.2, -0.15) is 0 Å². The molecule has 6 heteroatoms. The number of likely N-dealkylation sites (tertiary alicyclic amines) is 1. The first-order chi connectivity index (χ1) is 20.1. The zero-order chi connectivity index (χ0) is 28.2. The number of nitrogens with zero attached hydrogens (tertiary/aromatic N) is 1. The zero-order valence-electron chi connectivity index (χ0n) is 23.8. The van der Waals surface area contributed by atoms with Crippen molar-refractivity contribution in [1.29, 1.82) is 0 Å². The van der Waals surface area contributed by atoms with Crippen molar-refractivity contribution in [1.82, 2.24) is 4.90 Å². The lowest BCUT2D eigenvalue weighted by atomic mass is 9.52. The van der Waals surface area contributed by atoms with Gasteiger partial charge in [-0.3, -0.25) is 4.79 Å². The van der Waals surface area contributed by atoms with Crippen LogP contribution in [0, 0.1) is 5.92 Å². The van der Waals surface area contributed by atoms with Gasteiger partial charge in [0.25, 0.3) is 0 Å². The summed E-state index contributed by atoms with van der Waals surface area (Å²) < 4.78 is 17.3. The van der Waals surface area contributed by atoms with Crippen molar-refractivity contribution in [2.24, 2.45) is 5.92 Å². The van der Waals surface area contributed by atoms with E-state index in [1.165, 1.54) is 24.0 Å². The summed E-state index contributed by atoms with van der Waals surface area (Å²) >= 11 is 0. The molecule has 6 rings (SSSR count). The second kappa shape index (κ2) is 12.0. The van der Waals surface area contributed by atoms with E-state index in [0.717, 1.165) is 42.6 Å². The van der Waals surface area contributed by atoms with Crippen LogP contribution in [0.2, 0.25) is 0 Å². The molecule has 41 heavy (non-hydrogen) atoms. The molecule has 3 aliphatic rings. The predicted octanol–water partition coefficient (Wildman–Crippen LogP) is 7.16. The number of benzene rings is 3. The molecule has 1 unspecified atom stereocenters. The van der Waals surface area contributed by atoms with Crippen molar-refractivity contribution in [3.8, 4) is 5.75 Å².